The molecule has 0 aliphatic carbocycles. The highest BCUT2D eigenvalue weighted by Gasteiger charge is 2.09. The molecule has 0 amide bonds. The Bertz CT molecular complexity index is 639. The summed E-state index contributed by atoms with van der Waals surface area (Å²) < 4.78 is 12.9. The molecule has 0 radical (unpaired) electrons. The molecule has 3 N–H and O–H groups in total. The van der Waals surface area contributed by atoms with Crippen molar-refractivity contribution in [1.29, 1.82) is 5.26 Å². The topological polar surface area (TPSA) is 82.7 Å². The second-order valence-electron chi connectivity index (χ2n) is 3.04. The van der Waals surface area contributed by atoms with Gasteiger partial charge in [-0.1, -0.05) is 0 Å². The predicted octanol–water partition coefficient (Wildman–Crippen LogP) is 1.12. The molecule has 4 nitrogen and oxygen atoms in total. The molecule has 0 bridgehead atoms. The van der Waals surface area contributed by atoms with Gasteiger partial charge in [-0.15, -0.1) is 0 Å². The third-order valence-electron chi connectivity index (χ3n) is 2.10. The van der Waals surface area contributed by atoms with Gasteiger partial charge in [-0.25, -0.2) is 4.39 Å². The maximum atomic E-state index is 12.9. The van der Waals surface area contributed by atoms with Gasteiger partial charge in [-0.2, -0.15) is 5.26 Å². The van der Waals surface area contributed by atoms with Crippen molar-refractivity contribution in [1.82, 2.24) is 4.98 Å². The van der Waals surface area contributed by atoms with Gasteiger partial charge in [0.25, 0.3) is 0 Å². The van der Waals surface area contributed by atoms with Gasteiger partial charge < -0.3 is 10.7 Å². The first-order valence-corrected chi connectivity index (χ1v) is 4.14. The molecule has 2 rings (SSSR count). The zero-order valence-electron chi connectivity index (χ0n) is 7.54. The van der Waals surface area contributed by atoms with Crippen molar-refractivity contribution >= 4 is 16.7 Å². The van der Waals surface area contributed by atoms with Gasteiger partial charge >= 0.3 is 0 Å². The van der Waals surface area contributed by atoms with E-state index in [1.165, 1.54) is 6.07 Å². The Morgan fingerprint density at radius 1 is 1.47 bits per heavy atom. The maximum absolute atomic E-state index is 12.9. The number of fused-ring (bicyclic) bond motifs is 1. The molecule has 0 saturated carbocycles. The molecular formula is C10H6FN3O. The van der Waals surface area contributed by atoms with Crippen molar-refractivity contribution in [2.24, 2.45) is 0 Å². The first kappa shape index (κ1) is 9.21. The smallest absolute Gasteiger partial charge is 0.209 e. The molecule has 0 unspecified atom stereocenters. The summed E-state index contributed by atoms with van der Waals surface area (Å²) in [4.78, 5) is 14.3. The molecular weight excluding hydrogens is 197 g/mol. The SMILES string of the molecule is N#Cc1c(N)[nH]c2cc(F)ccc2c1=O. The Kier molecular flexibility index (Phi) is 1.90. The first-order valence-electron chi connectivity index (χ1n) is 4.14. The van der Waals surface area contributed by atoms with Crippen molar-refractivity contribution < 1.29 is 4.39 Å². The highest BCUT2D eigenvalue weighted by atomic mass is 19.1. The van der Waals surface area contributed by atoms with E-state index < -0.39 is 11.2 Å². The van der Waals surface area contributed by atoms with Gasteiger partial charge in [0.05, 0.1) is 5.52 Å². The lowest BCUT2D eigenvalue weighted by Gasteiger charge is -2.01. The summed E-state index contributed by atoms with van der Waals surface area (Å²) in [5.41, 5.74) is 5.11. The minimum absolute atomic E-state index is 0.0411. The number of rotatable bonds is 0. The Morgan fingerprint density at radius 3 is 2.87 bits per heavy atom. The Morgan fingerprint density at radius 2 is 2.20 bits per heavy atom. The fourth-order valence-electron chi connectivity index (χ4n) is 1.39. The van der Waals surface area contributed by atoms with Gasteiger partial charge in [0.1, 0.15) is 23.3 Å². The molecule has 0 fully saturated rings. The van der Waals surface area contributed by atoms with Crippen LogP contribution in [0.15, 0.2) is 23.0 Å². The lowest BCUT2D eigenvalue weighted by atomic mass is 10.1. The highest BCUT2D eigenvalue weighted by Crippen LogP contribution is 2.13. The van der Waals surface area contributed by atoms with Crippen LogP contribution in [0, 0.1) is 17.1 Å². The second kappa shape index (κ2) is 3.10. The summed E-state index contributed by atoms with van der Waals surface area (Å²) in [7, 11) is 0. The van der Waals surface area contributed by atoms with Gasteiger partial charge in [-0.05, 0) is 18.2 Å². The second-order valence-corrected chi connectivity index (χ2v) is 3.04. The number of anilines is 1. The number of nitriles is 1. The molecule has 1 aromatic carbocycles. The van der Waals surface area contributed by atoms with E-state index in [4.69, 9.17) is 11.0 Å². The quantitative estimate of drug-likeness (QED) is 0.673. The molecule has 0 saturated heterocycles. The van der Waals surface area contributed by atoms with E-state index in [9.17, 15) is 9.18 Å². The van der Waals surface area contributed by atoms with E-state index in [1.807, 2.05) is 0 Å². The zero-order valence-corrected chi connectivity index (χ0v) is 7.54. The summed E-state index contributed by atoms with van der Waals surface area (Å²) >= 11 is 0. The minimum Gasteiger partial charge on any atom is -0.384 e. The van der Waals surface area contributed by atoms with E-state index in [1.54, 1.807) is 6.07 Å². The number of aromatic nitrogens is 1. The average molecular weight is 203 g/mol. The molecule has 0 atom stereocenters. The lowest BCUT2D eigenvalue weighted by Crippen LogP contribution is -2.11. The van der Waals surface area contributed by atoms with Crippen LogP contribution in [0.5, 0.6) is 0 Å². The lowest BCUT2D eigenvalue weighted by molar-refractivity contribution is 0.629. The first-order chi connectivity index (χ1) is 7.13. The standard InChI is InChI=1S/C10H6FN3O/c11-5-1-2-6-8(3-5)14-10(13)7(4-12)9(6)15/h1-3H,(H3,13,14,15). The number of H-pyrrole nitrogens is 1. The number of nitrogens with two attached hydrogens (primary N) is 1. The van der Waals surface area contributed by atoms with Crippen molar-refractivity contribution in [3.63, 3.8) is 0 Å². The summed E-state index contributed by atoms with van der Waals surface area (Å²) in [6.45, 7) is 0. The molecule has 5 heteroatoms. The third kappa shape index (κ3) is 1.32. The van der Waals surface area contributed by atoms with Crippen LogP contribution < -0.4 is 11.2 Å². The molecule has 2 aromatic rings. The Labute approximate surface area is 83.8 Å². The van der Waals surface area contributed by atoms with Crippen LogP contribution in [-0.2, 0) is 0 Å². The van der Waals surface area contributed by atoms with Crippen LogP contribution in [0.25, 0.3) is 10.9 Å². The van der Waals surface area contributed by atoms with Crippen LogP contribution >= 0.6 is 0 Å². The summed E-state index contributed by atoms with van der Waals surface area (Å²) in [5, 5.41) is 8.94. The zero-order chi connectivity index (χ0) is 11.0. The Hall–Kier alpha value is -2.35. The van der Waals surface area contributed by atoms with Crippen LogP contribution in [0.4, 0.5) is 10.2 Å². The molecule has 15 heavy (non-hydrogen) atoms. The molecule has 0 aliphatic heterocycles. The van der Waals surface area contributed by atoms with E-state index in [-0.39, 0.29) is 22.3 Å². The van der Waals surface area contributed by atoms with Gasteiger partial charge in [-0.3, -0.25) is 4.79 Å². The number of benzene rings is 1. The summed E-state index contributed by atoms with van der Waals surface area (Å²) in [6, 6.07) is 5.35. The number of nitrogens with one attached hydrogen (secondary N) is 1. The number of hydrogen-bond donors (Lipinski definition) is 2. The fourth-order valence-corrected chi connectivity index (χ4v) is 1.39. The number of pyridine rings is 1. The number of aromatic amines is 1. The predicted molar refractivity (Wildman–Crippen MR) is 53.7 cm³/mol. The normalized spacial score (nSPS) is 10.1. The van der Waals surface area contributed by atoms with Crippen LogP contribution in [-0.4, -0.2) is 4.98 Å². The number of halogens is 1. The fraction of sp³-hybridized carbons (Fsp3) is 0. The van der Waals surface area contributed by atoms with E-state index >= 15 is 0 Å². The monoisotopic (exact) mass is 203 g/mol. The van der Waals surface area contributed by atoms with Gasteiger partial charge in [0.15, 0.2) is 0 Å². The molecule has 0 spiro atoms. The summed E-state index contributed by atoms with van der Waals surface area (Å²) in [6.07, 6.45) is 0. The van der Waals surface area contributed by atoms with Crippen molar-refractivity contribution in [2.75, 3.05) is 5.73 Å². The minimum atomic E-state index is -0.483. The molecule has 74 valence electrons. The molecule has 0 aliphatic rings. The van der Waals surface area contributed by atoms with Crippen LogP contribution in [0.1, 0.15) is 5.56 Å². The van der Waals surface area contributed by atoms with Crippen LogP contribution in [0.2, 0.25) is 0 Å². The largest absolute Gasteiger partial charge is 0.384 e. The highest BCUT2D eigenvalue weighted by molar-refractivity contribution is 5.82. The average Bonchev–Trinajstić information content (AvgIpc) is 2.17. The molecule has 1 aromatic heterocycles. The van der Waals surface area contributed by atoms with Gasteiger partial charge in [0, 0.05) is 5.39 Å². The van der Waals surface area contributed by atoms with E-state index in [0.29, 0.717) is 0 Å². The molecule has 1 heterocycles. The van der Waals surface area contributed by atoms with Crippen molar-refractivity contribution in [2.45, 2.75) is 0 Å². The maximum Gasteiger partial charge on any atom is 0.209 e. The number of nitrogen functional groups attached to an aromatic ring is 1. The third-order valence-corrected chi connectivity index (χ3v) is 2.10. The van der Waals surface area contributed by atoms with Crippen molar-refractivity contribution in [3.8, 4) is 6.07 Å². The van der Waals surface area contributed by atoms with E-state index in [0.717, 1.165) is 12.1 Å². The van der Waals surface area contributed by atoms with E-state index in [2.05, 4.69) is 4.98 Å². The van der Waals surface area contributed by atoms with Gasteiger partial charge in [0.2, 0.25) is 5.43 Å². The Balaban J connectivity index is 2.99. The van der Waals surface area contributed by atoms with Crippen LogP contribution in [0.3, 0.4) is 0 Å². The van der Waals surface area contributed by atoms with Crippen molar-refractivity contribution in [3.05, 3.63) is 39.8 Å². The summed E-state index contributed by atoms with van der Waals surface area (Å²) in [5.74, 6) is -0.511. The number of hydrogen-bond acceptors (Lipinski definition) is 3. The number of nitrogens with zero attached hydrogens (tertiary/aromatic N) is 1.